The maximum absolute atomic E-state index is 10.3. The summed E-state index contributed by atoms with van der Waals surface area (Å²) in [7, 11) is 1.57. The van der Waals surface area contributed by atoms with Gasteiger partial charge >= 0.3 is 0 Å². The number of hydrazine groups is 1. The van der Waals surface area contributed by atoms with Crippen LogP contribution in [0.25, 0.3) is 0 Å². The van der Waals surface area contributed by atoms with Crippen LogP contribution in [0, 0.1) is 0 Å². The van der Waals surface area contributed by atoms with E-state index in [1.165, 1.54) is 11.9 Å². The SMILES string of the molecule is CC(=O)NN(C)C(N)=S. The first-order chi connectivity index (χ1) is 4.04. The Morgan fingerprint density at radius 2 is 2.22 bits per heavy atom. The van der Waals surface area contributed by atoms with Gasteiger partial charge < -0.3 is 5.73 Å². The molecule has 0 spiro atoms. The van der Waals surface area contributed by atoms with Crippen molar-refractivity contribution in [1.82, 2.24) is 10.4 Å². The summed E-state index contributed by atoms with van der Waals surface area (Å²) in [5, 5.41) is 1.42. The normalized spacial score (nSPS) is 8.22. The third kappa shape index (κ3) is 3.72. The third-order valence-electron chi connectivity index (χ3n) is 0.656. The summed E-state index contributed by atoms with van der Waals surface area (Å²) in [6.07, 6.45) is 0. The van der Waals surface area contributed by atoms with E-state index in [-0.39, 0.29) is 11.0 Å². The summed E-state index contributed by atoms with van der Waals surface area (Å²) in [4.78, 5) is 10.3. The average Bonchev–Trinajstić information content (AvgIpc) is 1.63. The smallest absolute Gasteiger partial charge is 0.235 e. The van der Waals surface area contributed by atoms with Gasteiger partial charge in [-0.15, -0.1) is 0 Å². The average molecular weight is 147 g/mol. The van der Waals surface area contributed by atoms with Crippen molar-refractivity contribution < 1.29 is 4.79 Å². The monoisotopic (exact) mass is 147 g/mol. The lowest BCUT2D eigenvalue weighted by Gasteiger charge is -2.15. The number of rotatable bonds is 0. The van der Waals surface area contributed by atoms with Crippen LogP contribution in [0.3, 0.4) is 0 Å². The predicted octanol–water partition coefficient (Wildman–Crippen LogP) is -0.787. The minimum absolute atomic E-state index is 0.144. The topological polar surface area (TPSA) is 58.4 Å². The van der Waals surface area contributed by atoms with Crippen molar-refractivity contribution in [3.63, 3.8) is 0 Å². The summed E-state index contributed by atoms with van der Waals surface area (Å²) in [6.45, 7) is 1.38. The van der Waals surface area contributed by atoms with E-state index in [4.69, 9.17) is 5.73 Å². The number of carbonyl (C=O) groups excluding carboxylic acids is 1. The van der Waals surface area contributed by atoms with Gasteiger partial charge in [0.15, 0.2) is 5.11 Å². The van der Waals surface area contributed by atoms with Gasteiger partial charge in [0.1, 0.15) is 0 Å². The van der Waals surface area contributed by atoms with Crippen LogP contribution in [0.4, 0.5) is 0 Å². The molecule has 0 radical (unpaired) electrons. The molecule has 0 saturated carbocycles. The highest BCUT2D eigenvalue weighted by Crippen LogP contribution is 1.72. The number of nitrogens with zero attached hydrogens (tertiary/aromatic N) is 1. The molecule has 5 heteroatoms. The zero-order valence-corrected chi connectivity index (χ0v) is 6.16. The Morgan fingerprint density at radius 3 is 2.33 bits per heavy atom. The molecule has 0 aliphatic carbocycles. The number of thiocarbonyl (C=S) groups is 1. The van der Waals surface area contributed by atoms with E-state index in [1.54, 1.807) is 7.05 Å². The Bertz CT molecular complexity index is 136. The standard InChI is InChI=1S/C4H9N3OS/c1-3(8)6-7(2)4(5)9/h1-2H3,(H2,5,9)(H,6,8). The first-order valence-electron chi connectivity index (χ1n) is 2.34. The van der Waals surface area contributed by atoms with Gasteiger partial charge in [-0.05, 0) is 12.2 Å². The van der Waals surface area contributed by atoms with Crippen LogP contribution in [0.5, 0.6) is 0 Å². The second-order valence-electron chi connectivity index (χ2n) is 1.57. The number of nitrogens with one attached hydrogen (secondary N) is 1. The van der Waals surface area contributed by atoms with Crippen LogP contribution in [-0.2, 0) is 4.79 Å². The Kier molecular flexibility index (Phi) is 2.94. The number of nitrogens with two attached hydrogens (primary N) is 1. The lowest BCUT2D eigenvalue weighted by Crippen LogP contribution is -2.44. The van der Waals surface area contributed by atoms with Gasteiger partial charge in [-0.3, -0.25) is 15.2 Å². The molecule has 0 aromatic carbocycles. The largest absolute Gasteiger partial charge is 0.375 e. The van der Waals surface area contributed by atoms with Gasteiger partial charge in [-0.25, -0.2) is 0 Å². The highest BCUT2D eigenvalue weighted by atomic mass is 32.1. The summed E-state index contributed by atoms with van der Waals surface area (Å²) in [6, 6.07) is 0. The molecule has 0 atom stereocenters. The van der Waals surface area contributed by atoms with Crippen molar-refractivity contribution in [1.29, 1.82) is 0 Å². The van der Waals surface area contributed by atoms with Crippen LogP contribution in [0.1, 0.15) is 6.92 Å². The van der Waals surface area contributed by atoms with Crippen molar-refractivity contribution in [3.05, 3.63) is 0 Å². The van der Waals surface area contributed by atoms with Gasteiger partial charge in [-0.2, -0.15) is 0 Å². The third-order valence-corrected chi connectivity index (χ3v) is 0.930. The van der Waals surface area contributed by atoms with E-state index in [2.05, 4.69) is 17.6 Å². The second kappa shape index (κ2) is 3.24. The van der Waals surface area contributed by atoms with Gasteiger partial charge in [0.25, 0.3) is 0 Å². The molecule has 3 N–H and O–H groups in total. The fourth-order valence-electron chi connectivity index (χ4n) is 0.291. The first kappa shape index (κ1) is 8.16. The molecule has 1 amide bonds. The molecule has 52 valence electrons. The molecule has 0 unspecified atom stereocenters. The molecule has 0 saturated heterocycles. The van der Waals surface area contributed by atoms with Crippen molar-refractivity contribution in [3.8, 4) is 0 Å². The van der Waals surface area contributed by atoms with E-state index in [0.29, 0.717) is 0 Å². The highest BCUT2D eigenvalue weighted by molar-refractivity contribution is 7.80. The van der Waals surface area contributed by atoms with Crippen LogP contribution in [0.2, 0.25) is 0 Å². The van der Waals surface area contributed by atoms with Gasteiger partial charge in [0.05, 0.1) is 0 Å². The molecule has 0 heterocycles. The minimum atomic E-state index is -0.190. The molecule has 0 aliphatic rings. The lowest BCUT2D eigenvalue weighted by atomic mass is 10.7. The second-order valence-corrected chi connectivity index (χ2v) is 1.98. The summed E-state index contributed by atoms with van der Waals surface area (Å²) in [5.74, 6) is -0.190. The number of carbonyl (C=O) groups is 1. The zero-order valence-electron chi connectivity index (χ0n) is 5.34. The molecular formula is C4H9N3OS. The molecule has 0 aromatic rings. The van der Waals surface area contributed by atoms with Crippen LogP contribution in [-0.4, -0.2) is 23.1 Å². The summed E-state index contributed by atoms with van der Waals surface area (Å²) in [5.41, 5.74) is 7.50. The molecule has 0 aliphatic heterocycles. The van der Waals surface area contributed by atoms with Gasteiger partial charge in [0, 0.05) is 14.0 Å². The predicted molar refractivity (Wildman–Crippen MR) is 38.4 cm³/mol. The lowest BCUT2D eigenvalue weighted by molar-refractivity contribution is -0.121. The fourth-order valence-corrected chi connectivity index (χ4v) is 0.337. The zero-order chi connectivity index (χ0) is 7.44. The molecule has 0 rings (SSSR count). The Morgan fingerprint density at radius 1 is 1.78 bits per heavy atom. The molecule has 9 heavy (non-hydrogen) atoms. The molecule has 0 aromatic heterocycles. The fraction of sp³-hybridized carbons (Fsp3) is 0.500. The number of hydrogen-bond acceptors (Lipinski definition) is 2. The van der Waals surface area contributed by atoms with E-state index in [0.717, 1.165) is 0 Å². The molecular weight excluding hydrogens is 138 g/mol. The van der Waals surface area contributed by atoms with Crippen LogP contribution >= 0.6 is 12.2 Å². The number of hydrogen-bond donors (Lipinski definition) is 2. The van der Waals surface area contributed by atoms with Crippen molar-refractivity contribution in [2.24, 2.45) is 5.73 Å². The number of amides is 1. The first-order valence-corrected chi connectivity index (χ1v) is 2.75. The highest BCUT2D eigenvalue weighted by Gasteiger charge is 1.97. The Labute approximate surface area is 59.0 Å². The summed E-state index contributed by atoms with van der Waals surface area (Å²) >= 11 is 4.53. The van der Waals surface area contributed by atoms with E-state index >= 15 is 0 Å². The van der Waals surface area contributed by atoms with Gasteiger partial charge in [-0.1, -0.05) is 0 Å². The van der Waals surface area contributed by atoms with Crippen LogP contribution in [0.15, 0.2) is 0 Å². The van der Waals surface area contributed by atoms with Crippen molar-refractivity contribution in [2.75, 3.05) is 7.05 Å². The maximum atomic E-state index is 10.3. The molecule has 4 nitrogen and oxygen atoms in total. The van der Waals surface area contributed by atoms with Crippen molar-refractivity contribution in [2.45, 2.75) is 6.92 Å². The molecule has 0 bridgehead atoms. The summed E-state index contributed by atoms with van der Waals surface area (Å²) < 4.78 is 0. The van der Waals surface area contributed by atoms with Gasteiger partial charge in [0.2, 0.25) is 5.91 Å². The minimum Gasteiger partial charge on any atom is -0.375 e. The Hall–Kier alpha value is -0.840. The van der Waals surface area contributed by atoms with Crippen LogP contribution < -0.4 is 11.2 Å². The van der Waals surface area contributed by atoms with E-state index in [1.807, 2.05) is 0 Å². The maximum Gasteiger partial charge on any atom is 0.235 e. The van der Waals surface area contributed by atoms with E-state index < -0.39 is 0 Å². The quantitative estimate of drug-likeness (QED) is 0.348. The van der Waals surface area contributed by atoms with E-state index in [9.17, 15) is 4.79 Å². The Balaban J connectivity index is 3.63. The molecule has 0 fully saturated rings. The van der Waals surface area contributed by atoms with Crippen molar-refractivity contribution >= 4 is 23.2 Å².